The van der Waals surface area contributed by atoms with Gasteiger partial charge in [-0.05, 0) is 32.5 Å². The van der Waals surface area contributed by atoms with E-state index in [1.54, 1.807) is 0 Å². The summed E-state index contributed by atoms with van der Waals surface area (Å²) >= 11 is 0. The van der Waals surface area contributed by atoms with Crippen LogP contribution in [0.15, 0.2) is 0 Å². The summed E-state index contributed by atoms with van der Waals surface area (Å²) in [6.45, 7) is 5.63. The van der Waals surface area contributed by atoms with Crippen molar-refractivity contribution in [2.45, 2.75) is 25.4 Å². The zero-order chi connectivity index (χ0) is 8.16. The third-order valence-corrected chi connectivity index (χ3v) is 2.24. The molecule has 0 bridgehead atoms. The normalized spacial score (nSPS) is 23.5. The number of rotatable bonds is 3. The molecule has 11 heavy (non-hydrogen) atoms. The van der Waals surface area contributed by atoms with Crippen LogP contribution < -0.4 is 10.6 Å². The minimum atomic E-state index is -0.443. The second kappa shape index (κ2) is 4.04. The highest BCUT2D eigenvalue weighted by Crippen LogP contribution is 2.16. The van der Waals surface area contributed by atoms with Crippen molar-refractivity contribution in [3.8, 4) is 0 Å². The van der Waals surface area contributed by atoms with Crippen LogP contribution in [0.2, 0.25) is 0 Å². The molecular weight excluding hydrogens is 140 g/mol. The highest BCUT2D eigenvalue weighted by atomic mass is 16.3. The summed E-state index contributed by atoms with van der Waals surface area (Å²) in [7, 11) is 0. The average Bonchev–Trinajstić information content (AvgIpc) is 2.03. The van der Waals surface area contributed by atoms with Crippen molar-refractivity contribution in [1.29, 1.82) is 0 Å². The molecule has 0 aromatic heterocycles. The summed E-state index contributed by atoms with van der Waals surface area (Å²) in [5.74, 6) is 0. The quantitative estimate of drug-likeness (QED) is 0.529. The summed E-state index contributed by atoms with van der Waals surface area (Å²) in [6, 6.07) is 0. The van der Waals surface area contributed by atoms with Crippen molar-refractivity contribution >= 4 is 0 Å². The van der Waals surface area contributed by atoms with Gasteiger partial charge in [0.2, 0.25) is 0 Å². The van der Waals surface area contributed by atoms with E-state index in [0.717, 1.165) is 39.0 Å². The highest BCUT2D eigenvalue weighted by molar-refractivity contribution is 4.85. The summed E-state index contributed by atoms with van der Waals surface area (Å²) in [4.78, 5) is 0. The van der Waals surface area contributed by atoms with Crippen LogP contribution in [0.1, 0.15) is 19.8 Å². The number of hydrogen-bond donors (Lipinski definition) is 3. The van der Waals surface area contributed by atoms with Crippen LogP contribution in [0, 0.1) is 0 Å². The Labute approximate surface area is 68.2 Å². The second-order valence-electron chi connectivity index (χ2n) is 3.25. The molecule has 0 spiro atoms. The van der Waals surface area contributed by atoms with E-state index < -0.39 is 5.60 Å². The fourth-order valence-electron chi connectivity index (χ4n) is 1.43. The molecular formula is C8H18N2O. The maximum atomic E-state index is 9.90. The van der Waals surface area contributed by atoms with Gasteiger partial charge in [-0.25, -0.2) is 0 Å². The maximum absolute atomic E-state index is 9.90. The molecule has 3 N–H and O–H groups in total. The summed E-state index contributed by atoms with van der Waals surface area (Å²) < 4.78 is 0. The molecule has 1 aliphatic rings. The first-order chi connectivity index (χ1) is 5.27. The molecule has 0 aromatic carbocycles. The molecule has 0 aromatic rings. The standard InChI is InChI=1S/C8H18N2O/c1-2-9-7-8(11)3-5-10-6-4-8/h9-11H,2-7H2,1H3. The molecule has 0 saturated carbocycles. The van der Waals surface area contributed by atoms with Crippen LogP contribution in [0.3, 0.4) is 0 Å². The first-order valence-electron chi connectivity index (χ1n) is 4.41. The van der Waals surface area contributed by atoms with Crippen molar-refractivity contribution in [2.24, 2.45) is 0 Å². The van der Waals surface area contributed by atoms with Crippen molar-refractivity contribution in [1.82, 2.24) is 10.6 Å². The van der Waals surface area contributed by atoms with Gasteiger partial charge in [-0.15, -0.1) is 0 Å². The van der Waals surface area contributed by atoms with Gasteiger partial charge >= 0.3 is 0 Å². The van der Waals surface area contributed by atoms with E-state index in [0.29, 0.717) is 0 Å². The van der Waals surface area contributed by atoms with Crippen LogP contribution in [0.5, 0.6) is 0 Å². The van der Waals surface area contributed by atoms with E-state index in [9.17, 15) is 5.11 Å². The molecule has 3 nitrogen and oxygen atoms in total. The van der Waals surface area contributed by atoms with Gasteiger partial charge in [-0.2, -0.15) is 0 Å². The third kappa shape index (κ3) is 2.77. The molecule has 1 saturated heterocycles. The van der Waals surface area contributed by atoms with Gasteiger partial charge < -0.3 is 15.7 Å². The Morgan fingerprint density at radius 1 is 1.45 bits per heavy atom. The van der Waals surface area contributed by atoms with E-state index in [1.807, 2.05) is 0 Å². The van der Waals surface area contributed by atoms with Crippen LogP contribution in [0.4, 0.5) is 0 Å². The van der Waals surface area contributed by atoms with E-state index in [2.05, 4.69) is 17.6 Å². The van der Waals surface area contributed by atoms with Gasteiger partial charge in [0, 0.05) is 6.54 Å². The summed E-state index contributed by atoms with van der Waals surface area (Å²) in [5.41, 5.74) is -0.443. The van der Waals surface area contributed by atoms with E-state index in [4.69, 9.17) is 0 Å². The lowest BCUT2D eigenvalue weighted by atomic mass is 9.92. The fraction of sp³-hybridized carbons (Fsp3) is 1.00. The Kier molecular flexibility index (Phi) is 3.30. The molecule has 3 heteroatoms. The topological polar surface area (TPSA) is 44.3 Å². The molecule has 0 radical (unpaired) electrons. The molecule has 66 valence electrons. The summed E-state index contributed by atoms with van der Waals surface area (Å²) in [5, 5.41) is 16.3. The summed E-state index contributed by atoms with van der Waals surface area (Å²) in [6.07, 6.45) is 1.75. The number of hydrogen-bond acceptors (Lipinski definition) is 3. The van der Waals surface area contributed by atoms with E-state index in [-0.39, 0.29) is 0 Å². The van der Waals surface area contributed by atoms with Crippen molar-refractivity contribution in [3.05, 3.63) is 0 Å². The van der Waals surface area contributed by atoms with Crippen LogP contribution in [-0.2, 0) is 0 Å². The lowest BCUT2D eigenvalue weighted by Gasteiger charge is -2.32. The first-order valence-corrected chi connectivity index (χ1v) is 4.41. The zero-order valence-electron chi connectivity index (χ0n) is 7.19. The van der Waals surface area contributed by atoms with Crippen molar-refractivity contribution < 1.29 is 5.11 Å². The Balaban J connectivity index is 2.25. The smallest absolute Gasteiger partial charge is 0.0795 e. The van der Waals surface area contributed by atoms with E-state index in [1.165, 1.54) is 0 Å². The van der Waals surface area contributed by atoms with Crippen molar-refractivity contribution in [2.75, 3.05) is 26.2 Å². The second-order valence-corrected chi connectivity index (χ2v) is 3.25. The SMILES string of the molecule is CCNCC1(O)CCNCC1. The minimum Gasteiger partial charge on any atom is -0.388 e. The lowest BCUT2D eigenvalue weighted by molar-refractivity contribution is 0.0117. The molecule has 1 aliphatic heterocycles. The van der Waals surface area contributed by atoms with Crippen LogP contribution in [-0.4, -0.2) is 36.9 Å². The molecule has 0 atom stereocenters. The number of likely N-dealkylation sites (N-methyl/N-ethyl adjacent to an activating group) is 1. The molecule has 0 unspecified atom stereocenters. The fourth-order valence-corrected chi connectivity index (χ4v) is 1.43. The Bertz CT molecular complexity index is 111. The van der Waals surface area contributed by atoms with Gasteiger partial charge in [0.15, 0.2) is 0 Å². The largest absolute Gasteiger partial charge is 0.388 e. The third-order valence-electron chi connectivity index (χ3n) is 2.24. The van der Waals surface area contributed by atoms with Crippen LogP contribution in [0.25, 0.3) is 0 Å². The molecule has 1 fully saturated rings. The maximum Gasteiger partial charge on any atom is 0.0795 e. The van der Waals surface area contributed by atoms with Gasteiger partial charge in [-0.1, -0.05) is 6.92 Å². The van der Waals surface area contributed by atoms with Crippen molar-refractivity contribution in [3.63, 3.8) is 0 Å². The predicted molar refractivity (Wildman–Crippen MR) is 45.6 cm³/mol. The lowest BCUT2D eigenvalue weighted by Crippen LogP contribution is -2.48. The number of aliphatic hydroxyl groups is 1. The van der Waals surface area contributed by atoms with Crippen LogP contribution >= 0.6 is 0 Å². The van der Waals surface area contributed by atoms with Gasteiger partial charge in [-0.3, -0.25) is 0 Å². The Hall–Kier alpha value is -0.120. The number of nitrogens with one attached hydrogen (secondary N) is 2. The average molecular weight is 158 g/mol. The molecule has 0 aliphatic carbocycles. The van der Waals surface area contributed by atoms with Gasteiger partial charge in [0.1, 0.15) is 0 Å². The molecule has 1 heterocycles. The Morgan fingerprint density at radius 2 is 2.09 bits per heavy atom. The minimum absolute atomic E-state index is 0.443. The number of piperidine rings is 1. The Morgan fingerprint density at radius 3 is 2.64 bits per heavy atom. The van der Waals surface area contributed by atoms with E-state index >= 15 is 0 Å². The molecule has 1 rings (SSSR count). The monoisotopic (exact) mass is 158 g/mol. The van der Waals surface area contributed by atoms with Gasteiger partial charge in [0.25, 0.3) is 0 Å². The predicted octanol–water partition coefficient (Wildman–Crippen LogP) is -0.290. The highest BCUT2D eigenvalue weighted by Gasteiger charge is 2.27. The molecule has 0 amide bonds. The first kappa shape index (κ1) is 8.97. The zero-order valence-corrected chi connectivity index (χ0v) is 7.19. The van der Waals surface area contributed by atoms with Gasteiger partial charge in [0.05, 0.1) is 5.60 Å².